The van der Waals surface area contributed by atoms with Crippen molar-refractivity contribution in [1.82, 2.24) is 4.57 Å². The topological polar surface area (TPSA) is 14.2 Å². The van der Waals surface area contributed by atoms with E-state index in [0.29, 0.717) is 5.88 Å². The fraction of sp³-hybridized carbons (Fsp3) is 0.0909. The molecule has 0 fully saturated rings. The van der Waals surface area contributed by atoms with Gasteiger partial charge in [0.1, 0.15) is 0 Å². The van der Waals surface area contributed by atoms with Gasteiger partial charge in [0.05, 0.1) is 0 Å². The number of ether oxygens (including phenoxy) is 1. The smallest absolute Gasteiger partial charge is 0.201 e. The second-order valence-corrected chi connectivity index (χ2v) is 3.04. The summed E-state index contributed by atoms with van der Waals surface area (Å²) in [5, 5.41) is 0. The summed E-state index contributed by atoms with van der Waals surface area (Å²) < 4.78 is 32.8. The molecule has 0 saturated carbocycles. The lowest BCUT2D eigenvalue weighted by atomic mass is 10.3. The van der Waals surface area contributed by atoms with Gasteiger partial charge in [-0.2, -0.15) is 4.39 Å². The Morgan fingerprint density at radius 2 is 2.13 bits per heavy atom. The van der Waals surface area contributed by atoms with Crippen molar-refractivity contribution < 1.29 is 13.5 Å². The molecule has 0 spiro atoms. The van der Waals surface area contributed by atoms with E-state index in [1.165, 1.54) is 12.1 Å². The van der Waals surface area contributed by atoms with Crippen molar-refractivity contribution in [2.75, 3.05) is 0 Å². The monoisotopic (exact) mass is 208 g/mol. The van der Waals surface area contributed by atoms with Crippen LogP contribution in [-0.2, 0) is 7.05 Å². The molecule has 1 aromatic heterocycles. The van der Waals surface area contributed by atoms with Crippen molar-refractivity contribution in [3.05, 3.63) is 48.2 Å². The van der Waals surface area contributed by atoms with Crippen molar-refractivity contribution in [3.8, 4) is 11.6 Å². The van der Waals surface area contributed by atoms with Crippen LogP contribution in [0.4, 0.5) is 8.78 Å². The fourth-order valence-corrected chi connectivity index (χ4v) is 1.16. The predicted molar refractivity (Wildman–Crippen MR) is 50.7 cm³/mol. The molecule has 0 atom stereocenters. The van der Waals surface area contributed by atoms with Crippen LogP contribution < -0.4 is 4.74 Å². The van der Waals surface area contributed by atoms with Crippen LogP contribution in [0.5, 0.6) is 11.6 Å². The Morgan fingerprint density at radius 1 is 1.33 bits per heavy atom. The van der Waals surface area contributed by atoms with Crippen LogP contribution in [0.15, 0.2) is 30.5 Å². The van der Waals surface area contributed by atoms with E-state index < -0.39 is 11.6 Å². The Hall–Kier alpha value is -1.84. The van der Waals surface area contributed by atoms with Crippen molar-refractivity contribution in [2.24, 2.45) is 7.05 Å². The molecule has 0 aliphatic heterocycles. The molecule has 0 aliphatic carbocycles. The van der Waals surface area contributed by atoms with E-state index in [4.69, 9.17) is 4.74 Å². The third-order valence-electron chi connectivity index (χ3n) is 1.95. The van der Waals surface area contributed by atoms with Gasteiger partial charge in [-0.3, -0.25) is 0 Å². The first-order valence-corrected chi connectivity index (χ1v) is 4.33. The van der Waals surface area contributed by atoms with Crippen molar-refractivity contribution in [1.29, 1.82) is 0 Å². The summed E-state index contributed by atoms with van der Waals surface area (Å²) in [5.74, 6) is -1.64. The van der Waals surface area contributed by atoms with E-state index in [1.807, 2.05) is 0 Å². The van der Waals surface area contributed by atoms with Crippen LogP contribution >= 0.6 is 0 Å². The van der Waals surface area contributed by atoms with E-state index in [2.05, 4.69) is 6.07 Å². The zero-order valence-corrected chi connectivity index (χ0v) is 8.00. The Morgan fingerprint density at radius 3 is 2.80 bits per heavy atom. The maximum atomic E-state index is 13.2. The SMILES string of the molecule is Cn1c[c]cc1Oc1cccc(F)c1F. The van der Waals surface area contributed by atoms with Crippen molar-refractivity contribution >= 4 is 0 Å². The molecule has 1 heterocycles. The fourth-order valence-electron chi connectivity index (χ4n) is 1.16. The van der Waals surface area contributed by atoms with E-state index in [9.17, 15) is 8.78 Å². The summed E-state index contributed by atoms with van der Waals surface area (Å²) in [4.78, 5) is 0. The third kappa shape index (κ3) is 1.83. The largest absolute Gasteiger partial charge is 0.438 e. The molecule has 15 heavy (non-hydrogen) atoms. The molecule has 0 saturated heterocycles. The quantitative estimate of drug-likeness (QED) is 0.740. The zero-order valence-electron chi connectivity index (χ0n) is 8.00. The molecular formula is C11H8F2NO. The predicted octanol–water partition coefficient (Wildman–Crippen LogP) is 2.90. The molecule has 2 aromatic rings. The minimum Gasteiger partial charge on any atom is -0.438 e. The Bertz CT molecular complexity index is 479. The van der Waals surface area contributed by atoms with Gasteiger partial charge in [-0.25, -0.2) is 4.39 Å². The van der Waals surface area contributed by atoms with Crippen molar-refractivity contribution in [2.45, 2.75) is 0 Å². The summed E-state index contributed by atoms with van der Waals surface area (Å²) in [5.41, 5.74) is 0. The second-order valence-electron chi connectivity index (χ2n) is 3.04. The number of aromatic nitrogens is 1. The van der Waals surface area contributed by atoms with Gasteiger partial charge in [0, 0.05) is 25.4 Å². The van der Waals surface area contributed by atoms with Crippen LogP contribution in [0, 0.1) is 17.7 Å². The first kappa shape index (κ1) is 9.71. The standard InChI is InChI=1S/C11H8F2NO/c1-14-7-3-6-10(14)15-9-5-2-4-8(12)11(9)13/h2,4-7H,1H3. The minimum atomic E-state index is -0.987. The molecule has 0 amide bonds. The van der Waals surface area contributed by atoms with Crippen LogP contribution in [0.25, 0.3) is 0 Å². The summed E-state index contributed by atoms with van der Waals surface area (Å²) in [6.45, 7) is 0. The highest BCUT2D eigenvalue weighted by Crippen LogP contribution is 2.25. The zero-order chi connectivity index (χ0) is 10.8. The van der Waals surface area contributed by atoms with Gasteiger partial charge in [-0.15, -0.1) is 0 Å². The van der Waals surface area contributed by atoms with Gasteiger partial charge in [0.25, 0.3) is 0 Å². The highest BCUT2D eigenvalue weighted by molar-refractivity contribution is 5.29. The van der Waals surface area contributed by atoms with Gasteiger partial charge >= 0.3 is 0 Å². The lowest BCUT2D eigenvalue weighted by molar-refractivity contribution is 0.394. The number of halogens is 2. The Labute approximate surface area is 85.7 Å². The number of aryl methyl sites for hydroxylation is 1. The number of hydrogen-bond donors (Lipinski definition) is 0. The highest BCUT2D eigenvalue weighted by atomic mass is 19.2. The lowest BCUT2D eigenvalue weighted by Gasteiger charge is -2.07. The average Bonchev–Trinajstić information content (AvgIpc) is 2.60. The summed E-state index contributed by atoms with van der Waals surface area (Å²) in [6.07, 6.45) is 1.63. The first-order valence-electron chi connectivity index (χ1n) is 4.33. The van der Waals surface area contributed by atoms with Gasteiger partial charge in [0.2, 0.25) is 11.7 Å². The van der Waals surface area contributed by atoms with Gasteiger partial charge in [-0.1, -0.05) is 6.07 Å². The van der Waals surface area contributed by atoms with Crippen molar-refractivity contribution in [3.63, 3.8) is 0 Å². The Kier molecular flexibility index (Phi) is 2.41. The molecule has 0 bridgehead atoms. The van der Waals surface area contributed by atoms with Gasteiger partial charge < -0.3 is 9.30 Å². The molecule has 1 aromatic carbocycles. The number of nitrogens with zero attached hydrogens (tertiary/aromatic N) is 1. The molecule has 2 nitrogen and oxygen atoms in total. The first-order chi connectivity index (χ1) is 7.18. The summed E-state index contributed by atoms with van der Waals surface area (Å²) >= 11 is 0. The lowest BCUT2D eigenvalue weighted by Crippen LogP contribution is -1.95. The molecule has 0 N–H and O–H groups in total. The van der Waals surface area contributed by atoms with E-state index in [1.54, 1.807) is 23.9 Å². The van der Waals surface area contributed by atoms with E-state index >= 15 is 0 Å². The van der Waals surface area contributed by atoms with Crippen LogP contribution in [0.2, 0.25) is 0 Å². The summed E-state index contributed by atoms with van der Waals surface area (Å²) in [6, 6.07) is 8.12. The molecule has 0 unspecified atom stereocenters. The third-order valence-corrected chi connectivity index (χ3v) is 1.95. The van der Waals surface area contributed by atoms with Gasteiger partial charge in [-0.05, 0) is 12.1 Å². The molecule has 2 rings (SSSR count). The molecule has 4 heteroatoms. The molecule has 77 valence electrons. The molecular weight excluding hydrogens is 200 g/mol. The normalized spacial score (nSPS) is 10.3. The minimum absolute atomic E-state index is 0.134. The van der Waals surface area contributed by atoms with Crippen LogP contribution in [0.1, 0.15) is 0 Å². The maximum absolute atomic E-state index is 13.2. The number of benzene rings is 1. The van der Waals surface area contributed by atoms with Crippen LogP contribution in [-0.4, -0.2) is 4.57 Å². The molecule has 0 aliphatic rings. The number of hydrogen-bond acceptors (Lipinski definition) is 1. The van der Waals surface area contributed by atoms with E-state index in [0.717, 1.165) is 6.07 Å². The average molecular weight is 208 g/mol. The molecule has 1 radical (unpaired) electrons. The van der Waals surface area contributed by atoms with E-state index in [-0.39, 0.29) is 5.75 Å². The summed E-state index contributed by atoms with van der Waals surface area (Å²) in [7, 11) is 1.73. The maximum Gasteiger partial charge on any atom is 0.201 e. The highest BCUT2D eigenvalue weighted by Gasteiger charge is 2.10. The Balaban J connectivity index is 2.33. The second kappa shape index (κ2) is 3.73. The number of rotatable bonds is 2. The van der Waals surface area contributed by atoms with Crippen LogP contribution in [0.3, 0.4) is 0 Å². The van der Waals surface area contributed by atoms with Gasteiger partial charge in [0.15, 0.2) is 11.6 Å².